The lowest BCUT2D eigenvalue weighted by Gasteiger charge is -1.97. The summed E-state index contributed by atoms with van der Waals surface area (Å²) in [6.45, 7) is 5.39. The molecule has 1 heteroatoms. The zero-order valence-corrected chi connectivity index (χ0v) is 8.27. The van der Waals surface area contributed by atoms with Gasteiger partial charge >= 0.3 is 0 Å². The Labute approximate surface area is 75.6 Å². The van der Waals surface area contributed by atoms with Crippen LogP contribution in [-0.4, -0.2) is 12.3 Å². The first-order chi connectivity index (χ1) is 5.84. The summed E-state index contributed by atoms with van der Waals surface area (Å²) < 4.78 is 0. The van der Waals surface area contributed by atoms with E-state index in [1.54, 1.807) is 0 Å². The van der Waals surface area contributed by atoms with Gasteiger partial charge in [-0.2, -0.15) is 0 Å². The molecule has 68 valence electrons. The van der Waals surface area contributed by atoms with E-state index in [4.69, 9.17) is 0 Å². The smallest absolute Gasteiger partial charge is 0.0433 e. The molecule has 0 N–H and O–H groups in total. The Morgan fingerprint density at radius 3 is 2.83 bits per heavy atom. The van der Waals surface area contributed by atoms with E-state index in [-0.39, 0.29) is 0 Å². The van der Waals surface area contributed by atoms with Gasteiger partial charge < -0.3 is 0 Å². The van der Waals surface area contributed by atoms with Crippen molar-refractivity contribution in [2.45, 2.75) is 46.0 Å². The minimum absolute atomic E-state index is 1.02. The molecule has 0 saturated heterocycles. The number of rotatable bonds is 4. The van der Waals surface area contributed by atoms with E-state index in [1.807, 2.05) is 0 Å². The van der Waals surface area contributed by atoms with Crippen LogP contribution < -0.4 is 0 Å². The van der Waals surface area contributed by atoms with Crippen LogP contribution in [0.3, 0.4) is 0 Å². The Morgan fingerprint density at radius 2 is 2.25 bits per heavy atom. The Hall–Kier alpha value is -0.590. The standard InChI is InChI=1S/C11H19N/c1-3-4-5-6-7-11-8-9-12-10(11)2/h7H,3-6,8-9H2,1-2H3/b11-7-. The summed E-state index contributed by atoms with van der Waals surface area (Å²) in [7, 11) is 0. The van der Waals surface area contributed by atoms with Gasteiger partial charge in [0.1, 0.15) is 0 Å². The highest BCUT2D eigenvalue weighted by atomic mass is 14.8. The van der Waals surface area contributed by atoms with Crippen LogP contribution in [0.25, 0.3) is 0 Å². The van der Waals surface area contributed by atoms with E-state index >= 15 is 0 Å². The predicted molar refractivity (Wildman–Crippen MR) is 54.8 cm³/mol. The van der Waals surface area contributed by atoms with Crippen molar-refractivity contribution in [2.24, 2.45) is 4.99 Å². The van der Waals surface area contributed by atoms with Gasteiger partial charge in [0, 0.05) is 12.3 Å². The van der Waals surface area contributed by atoms with Gasteiger partial charge in [0.15, 0.2) is 0 Å². The first-order valence-electron chi connectivity index (χ1n) is 5.05. The van der Waals surface area contributed by atoms with Crippen LogP contribution in [0.5, 0.6) is 0 Å². The molecule has 1 heterocycles. The molecule has 0 spiro atoms. The zero-order valence-electron chi connectivity index (χ0n) is 8.27. The quantitative estimate of drug-likeness (QED) is 0.566. The monoisotopic (exact) mass is 165 g/mol. The van der Waals surface area contributed by atoms with Crippen molar-refractivity contribution < 1.29 is 0 Å². The van der Waals surface area contributed by atoms with Crippen LogP contribution in [0.15, 0.2) is 16.6 Å². The molecule has 0 fully saturated rings. The maximum Gasteiger partial charge on any atom is 0.0433 e. The van der Waals surface area contributed by atoms with E-state index in [2.05, 4.69) is 24.9 Å². The van der Waals surface area contributed by atoms with Gasteiger partial charge in [-0.1, -0.05) is 25.8 Å². The molecule has 0 aliphatic carbocycles. The third-order valence-corrected chi connectivity index (χ3v) is 2.39. The highest BCUT2D eigenvalue weighted by Gasteiger charge is 2.06. The minimum Gasteiger partial charge on any atom is -0.289 e. The van der Waals surface area contributed by atoms with Gasteiger partial charge in [0.05, 0.1) is 0 Å². The van der Waals surface area contributed by atoms with Crippen LogP contribution in [0, 0.1) is 0 Å². The SMILES string of the molecule is CCCCC/C=C1/CCN=C1C. The average Bonchev–Trinajstić information content (AvgIpc) is 2.46. The molecule has 0 aromatic rings. The van der Waals surface area contributed by atoms with Crippen LogP contribution in [-0.2, 0) is 0 Å². The molecular formula is C11H19N. The predicted octanol–water partition coefficient (Wildman–Crippen LogP) is 3.36. The largest absolute Gasteiger partial charge is 0.289 e. The van der Waals surface area contributed by atoms with E-state index in [0.29, 0.717) is 0 Å². The van der Waals surface area contributed by atoms with Crippen molar-refractivity contribution >= 4 is 5.71 Å². The minimum atomic E-state index is 1.02. The van der Waals surface area contributed by atoms with Crippen molar-refractivity contribution in [1.29, 1.82) is 0 Å². The lowest BCUT2D eigenvalue weighted by atomic mass is 10.1. The molecule has 0 saturated carbocycles. The van der Waals surface area contributed by atoms with E-state index < -0.39 is 0 Å². The molecule has 1 rings (SSSR count). The number of nitrogens with zero attached hydrogens (tertiary/aromatic N) is 1. The maximum absolute atomic E-state index is 4.36. The lowest BCUT2D eigenvalue weighted by molar-refractivity contribution is 0.727. The molecule has 1 aliphatic rings. The highest BCUT2D eigenvalue weighted by molar-refractivity contribution is 5.99. The molecule has 0 aromatic heterocycles. The second-order valence-electron chi connectivity index (χ2n) is 3.44. The Balaban J connectivity index is 2.23. The maximum atomic E-state index is 4.36. The van der Waals surface area contributed by atoms with Gasteiger partial charge in [0.25, 0.3) is 0 Å². The van der Waals surface area contributed by atoms with Crippen LogP contribution in [0.2, 0.25) is 0 Å². The first-order valence-corrected chi connectivity index (χ1v) is 5.05. The topological polar surface area (TPSA) is 12.4 Å². The average molecular weight is 165 g/mol. The molecule has 0 atom stereocenters. The lowest BCUT2D eigenvalue weighted by Crippen LogP contribution is -1.89. The van der Waals surface area contributed by atoms with Gasteiger partial charge in [-0.05, 0) is 31.8 Å². The fourth-order valence-corrected chi connectivity index (χ4v) is 1.55. The first kappa shape index (κ1) is 9.50. The molecule has 0 amide bonds. The summed E-state index contributed by atoms with van der Waals surface area (Å²) in [5, 5.41) is 0. The Morgan fingerprint density at radius 1 is 1.42 bits per heavy atom. The zero-order chi connectivity index (χ0) is 8.81. The normalized spacial score (nSPS) is 20.2. The molecule has 1 aliphatic heterocycles. The summed E-state index contributed by atoms with van der Waals surface area (Å²) in [6.07, 6.45) is 8.82. The van der Waals surface area contributed by atoms with Crippen molar-refractivity contribution in [3.05, 3.63) is 11.6 Å². The van der Waals surface area contributed by atoms with Gasteiger partial charge in [-0.3, -0.25) is 4.99 Å². The summed E-state index contributed by atoms with van der Waals surface area (Å²) in [5.74, 6) is 0. The number of hydrogen-bond acceptors (Lipinski definition) is 1. The number of allylic oxidation sites excluding steroid dienone is 1. The molecule has 0 aromatic carbocycles. The molecular weight excluding hydrogens is 146 g/mol. The Bertz CT molecular complexity index is 189. The van der Waals surface area contributed by atoms with E-state index in [9.17, 15) is 0 Å². The molecule has 0 bridgehead atoms. The third-order valence-electron chi connectivity index (χ3n) is 2.39. The molecule has 0 unspecified atom stereocenters. The van der Waals surface area contributed by atoms with Crippen molar-refractivity contribution in [3.63, 3.8) is 0 Å². The Kier molecular flexibility index (Phi) is 4.06. The van der Waals surface area contributed by atoms with Crippen molar-refractivity contribution in [3.8, 4) is 0 Å². The molecule has 0 radical (unpaired) electrons. The van der Waals surface area contributed by atoms with Gasteiger partial charge in [-0.15, -0.1) is 0 Å². The fraction of sp³-hybridized carbons (Fsp3) is 0.727. The van der Waals surface area contributed by atoms with Crippen molar-refractivity contribution in [1.82, 2.24) is 0 Å². The number of hydrogen-bond donors (Lipinski definition) is 0. The molecule has 1 nitrogen and oxygen atoms in total. The van der Waals surface area contributed by atoms with Crippen molar-refractivity contribution in [2.75, 3.05) is 6.54 Å². The van der Waals surface area contributed by atoms with E-state index in [0.717, 1.165) is 6.54 Å². The number of aliphatic imine (C=N–C) groups is 1. The summed E-state index contributed by atoms with van der Waals surface area (Å²) >= 11 is 0. The number of unbranched alkanes of at least 4 members (excludes halogenated alkanes) is 3. The van der Waals surface area contributed by atoms with Crippen LogP contribution in [0.1, 0.15) is 46.0 Å². The molecule has 12 heavy (non-hydrogen) atoms. The second kappa shape index (κ2) is 5.13. The second-order valence-corrected chi connectivity index (χ2v) is 3.44. The van der Waals surface area contributed by atoms with Gasteiger partial charge in [-0.25, -0.2) is 0 Å². The fourth-order valence-electron chi connectivity index (χ4n) is 1.55. The third kappa shape index (κ3) is 2.80. The van der Waals surface area contributed by atoms with E-state index in [1.165, 1.54) is 43.4 Å². The highest BCUT2D eigenvalue weighted by Crippen LogP contribution is 2.14. The van der Waals surface area contributed by atoms with Crippen LogP contribution in [0.4, 0.5) is 0 Å². The summed E-state index contributed by atoms with van der Waals surface area (Å²) in [6, 6.07) is 0. The van der Waals surface area contributed by atoms with Gasteiger partial charge in [0.2, 0.25) is 0 Å². The summed E-state index contributed by atoms with van der Waals surface area (Å²) in [5.41, 5.74) is 2.76. The van der Waals surface area contributed by atoms with Crippen LogP contribution >= 0.6 is 0 Å². The summed E-state index contributed by atoms with van der Waals surface area (Å²) in [4.78, 5) is 4.36.